The number of hydrogen-bond acceptors (Lipinski definition) is 5. The van der Waals surface area contributed by atoms with Crippen LogP contribution in [0.4, 0.5) is 5.69 Å². The highest BCUT2D eigenvalue weighted by Crippen LogP contribution is 2.32. The number of benzene rings is 1. The summed E-state index contributed by atoms with van der Waals surface area (Å²) < 4.78 is 0. The molecule has 1 aromatic carbocycles. The van der Waals surface area contributed by atoms with E-state index in [4.69, 9.17) is 0 Å². The Kier molecular flexibility index (Phi) is 4.45. The molecule has 2 N–H and O–H groups in total. The number of amides is 2. The largest absolute Gasteiger partial charge is 0.340 e. The van der Waals surface area contributed by atoms with Crippen LogP contribution in [0.3, 0.4) is 0 Å². The molecule has 7 heteroatoms. The SMILES string of the molecule is CN1CC(C(=O)N2CCNCC2)C2NN(c3ccccc3)C(=O)C2C1. The summed E-state index contributed by atoms with van der Waals surface area (Å²) in [5, 5.41) is 4.91. The van der Waals surface area contributed by atoms with E-state index in [2.05, 4.69) is 15.6 Å². The van der Waals surface area contributed by atoms with Gasteiger partial charge < -0.3 is 15.1 Å². The van der Waals surface area contributed by atoms with E-state index in [1.54, 1.807) is 5.01 Å². The van der Waals surface area contributed by atoms with E-state index in [0.717, 1.165) is 31.9 Å². The number of rotatable bonds is 2. The topological polar surface area (TPSA) is 67.9 Å². The molecule has 0 aliphatic carbocycles. The Bertz CT molecular complexity index is 646. The zero-order valence-corrected chi connectivity index (χ0v) is 14.5. The predicted octanol–water partition coefficient (Wildman–Crippen LogP) is -0.484. The molecule has 0 spiro atoms. The van der Waals surface area contributed by atoms with Gasteiger partial charge in [0.05, 0.1) is 23.6 Å². The van der Waals surface area contributed by atoms with Gasteiger partial charge in [-0.3, -0.25) is 9.59 Å². The first-order valence-corrected chi connectivity index (χ1v) is 8.98. The summed E-state index contributed by atoms with van der Waals surface area (Å²) in [7, 11) is 1.99. The Morgan fingerprint density at radius 1 is 1.12 bits per heavy atom. The number of carbonyl (C=O) groups excluding carboxylic acids is 2. The van der Waals surface area contributed by atoms with E-state index in [-0.39, 0.29) is 29.7 Å². The number of hydrogen-bond donors (Lipinski definition) is 2. The average molecular weight is 343 g/mol. The summed E-state index contributed by atoms with van der Waals surface area (Å²) in [6, 6.07) is 9.47. The number of fused-ring (bicyclic) bond motifs is 1. The highest BCUT2D eigenvalue weighted by atomic mass is 16.2. The summed E-state index contributed by atoms with van der Waals surface area (Å²) in [6.07, 6.45) is 0. The van der Waals surface area contributed by atoms with Crippen LogP contribution in [0.25, 0.3) is 0 Å². The molecular weight excluding hydrogens is 318 g/mol. The van der Waals surface area contributed by atoms with Gasteiger partial charge in [-0.25, -0.2) is 10.4 Å². The first-order chi connectivity index (χ1) is 12.1. The van der Waals surface area contributed by atoms with Crippen LogP contribution < -0.4 is 15.8 Å². The van der Waals surface area contributed by atoms with E-state index in [1.165, 1.54) is 0 Å². The number of anilines is 1. The number of nitrogens with zero attached hydrogens (tertiary/aromatic N) is 3. The number of nitrogens with one attached hydrogen (secondary N) is 2. The van der Waals surface area contributed by atoms with Crippen LogP contribution in [-0.2, 0) is 9.59 Å². The molecule has 3 saturated heterocycles. The maximum absolute atomic E-state index is 13.1. The monoisotopic (exact) mass is 343 g/mol. The maximum Gasteiger partial charge on any atom is 0.247 e. The molecule has 0 bridgehead atoms. The van der Waals surface area contributed by atoms with Crippen molar-refractivity contribution >= 4 is 17.5 Å². The molecule has 2 amide bonds. The Hall–Kier alpha value is -1.96. The highest BCUT2D eigenvalue weighted by Gasteiger charge is 2.50. The summed E-state index contributed by atoms with van der Waals surface area (Å²) in [4.78, 5) is 30.1. The fourth-order valence-corrected chi connectivity index (χ4v) is 4.17. The van der Waals surface area contributed by atoms with Gasteiger partial charge in [0.25, 0.3) is 0 Å². The third-order valence-electron chi connectivity index (χ3n) is 5.46. The van der Waals surface area contributed by atoms with Crippen LogP contribution in [0.2, 0.25) is 0 Å². The molecule has 4 rings (SSSR count). The predicted molar refractivity (Wildman–Crippen MR) is 94.8 cm³/mol. The summed E-state index contributed by atoms with van der Waals surface area (Å²) in [6.45, 7) is 4.54. The van der Waals surface area contributed by atoms with E-state index in [1.807, 2.05) is 42.3 Å². The van der Waals surface area contributed by atoms with Crippen molar-refractivity contribution in [3.63, 3.8) is 0 Å². The molecule has 134 valence electrons. The minimum Gasteiger partial charge on any atom is -0.340 e. The molecule has 3 atom stereocenters. The van der Waals surface area contributed by atoms with Crippen LogP contribution in [0, 0.1) is 11.8 Å². The van der Waals surface area contributed by atoms with Gasteiger partial charge in [-0.1, -0.05) is 18.2 Å². The molecule has 3 aliphatic rings. The fraction of sp³-hybridized carbons (Fsp3) is 0.556. The molecule has 0 saturated carbocycles. The smallest absolute Gasteiger partial charge is 0.247 e. The second-order valence-corrected chi connectivity index (χ2v) is 7.17. The van der Waals surface area contributed by atoms with E-state index >= 15 is 0 Å². The lowest BCUT2D eigenvalue weighted by Crippen LogP contribution is -2.58. The van der Waals surface area contributed by atoms with Gasteiger partial charge in [-0.05, 0) is 19.2 Å². The molecule has 0 aromatic heterocycles. The number of piperazine rings is 1. The maximum atomic E-state index is 13.1. The first-order valence-electron chi connectivity index (χ1n) is 8.98. The molecule has 1 aromatic rings. The third kappa shape index (κ3) is 3.03. The van der Waals surface area contributed by atoms with Gasteiger partial charge in [0.1, 0.15) is 0 Å². The van der Waals surface area contributed by atoms with Crippen LogP contribution in [0.15, 0.2) is 30.3 Å². The normalized spacial score (nSPS) is 30.4. The van der Waals surface area contributed by atoms with Gasteiger partial charge in [0.2, 0.25) is 11.8 Å². The molecular formula is C18H25N5O2. The molecule has 3 fully saturated rings. The van der Waals surface area contributed by atoms with Crippen molar-refractivity contribution in [2.45, 2.75) is 6.04 Å². The lowest BCUT2D eigenvalue weighted by molar-refractivity contribution is -0.139. The van der Waals surface area contributed by atoms with Crippen molar-refractivity contribution in [2.24, 2.45) is 11.8 Å². The van der Waals surface area contributed by atoms with Gasteiger partial charge in [-0.2, -0.15) is 0 Å². The second kappa shape index (κ2) is 6.74. The molecule has 0 radical (unpaired) electrons. The van der Waals surface area contributed by atoms with Crippen LogP contribution in [0.5, 0.6) is 0 Å². The molecule has 7 nitrogen and oxygen atoms in total. The van der Waals surface area contributed by atoms with Crippen molar-refractivity contribution in [3.8, 4) is 0 Å². The molecule has 3 aliphatic heterocycles. The van der Waals surface area contributed by atoms with Crippen LogP contribution in [-0.4, -0.2) is 74.0 Å². The quantitative estimate of drug-likeness (QED) is 0.759. The Balaban J connectivity index is 1.57. The van der Waals surface area contributed by atoms with Crippen molar-refractivity contribution in [3.05, 3.63) is 30.3 Å². The fourth-order valence-electron chi connectivity index (χ4n) is 4.17. The Morgan fingerprint density at radius 2 is 1.84 bits per heavy atom. The second-order valence-electron chi connectivity index (χ2n) is 7.17. The van der Waals surface area contributed by atoms with Gasteiger partial charge in [0, 0.05) is 39.3 Å². The van der Waals surface area contributed by atoms with E-state index in [0.29, 0.717) is 13.1 Å². The minimum absolute atomic E-state index is 0.0564. The molecule has 3 heterocycles. The zero-order chi connectivity index (χ0) is 17.4. The zero-order valence-electron chi connectivity index (χ0n) is 14.5. The van der Waals surface area contributed by atoms with E-state index < -0.39 is 0 Å². The molecule has 3 unspecified atom stereocenters. The summed E-state index contributed by atoms with van der Waals surface area (Å²) in [5.41, 5.74) is 4.18. The van der Waals surface area contributed by atoms with Crippen molar-refractivity contribution in [1.82, 2.24) is 20.5 Å². The summed E-state index contributed by atoms with van der Waals surface area (Å²) in [5.74, 6) is -0.158. The third-order valence-corrected chi connectivity index (χ3v) is 5.46. The average Bonchev–Trinajstić information content (AvgIpc) is 2.99. The minimum atomic E-state index is -0.195. The van der Waals surface area contributed by atoms with Gasteiger partial charge in [0.15, 0.2) is 0 Å². The van der Waals surface area contributed by atoms with Crippen molar-refractivity contribution < 1.29 is 9.59 Å². The number of piperidine rings is 1. The lowest BCUT2D eigenvalue weighted by Gasteiger charge is -2.39. The van der Waals surface area contributed by atoms with Gasteiger partial charge in [-0.15, -0.1) is 0 Å². The standard InChI is InChI=1S/C18H25N5O2/c1-21-11-14(17(24)22-9-7-19-8-10-22)16-15(12-21)18(25)23(20-16)13-5-3-2-4-6-13/h2-6,14-16,19-20H,7-12H2,1H3. The Morgan fingerprint density at radius 3 is 2.56 bits per heavy atom. The number of likely N-dealkylation sites (tertiary alicyclic amines) is 1. The number of para-hydroxylation sites is 1. The Labute approximate surface area is 147 Å². The van der Waals surface area contributed by atoms with E-state index in [9.17, 15) is 9.59 Å². The highest BCUT2D eigenvalue weighted by molar-refractivity contribution is 5.98. The van der Waals surface area contributed by atoms with Crippen LogP contribution in [0.1, 0.15) is 0 Å². The lowest BCUT2D eigenvalue weighted by atomic mass is 9.84. The van der Waals surface area contributed by atoms with Gasteiger partial charge >= 0.3 is 0 Å². The van der Waals surface area contributed by atoms with Crippen molar-refractivity contribution in [1.29, 1.82) is 0 Å². The number of hydrazine groups is 1. The van der Waals surface area contributed by atoms with Crippen LogP contribution >= 0.6 is 0 Å². The summed E-state index contributed by atoms with van der Waals surface area (Å²) >= 11 is 0. The first kappa shape index (κ1) is 16.5. The molecule has 25 heavy (non-hydrogen) atoms. The van der Waals surface area contributed by atoms with Crippen molar-refractivity contribution in [2.75, 3.05) is 51.3 Å². The number of carbonyl (C=O) groups is 2.